The molecule has 0 aliphatic carbocycles. The number of carbonyl (C=O) groups is 6. The van der Waals surface area contributed by atoms with Gasteiger partial charge in [-0.3, -0.25) is 14.4 Å². The molecule has 0 saturated heterocycles. The molecule has 4 rings (SSSR count). The molecule has 4 aromatic rings. The smallest absolute Gasteiger partial charge is 0.549 e. The van der Waals surface area contributed by atoms with Crippen molar-refractivity contribution in [2.45, 2.75) is 106 Å². The Kier molecular flexibility index (Phi) is 31.7. The van der Waals surface area contributed by atoms with Crippen LogP contribution < -0.4 is 136 Å². The Hall–Kier alpha value is -3.03. The molecule has 0 spiro atoms. The van der Waals surface area contributed by atoms with Gasteiger partial charge in [0.2, 0.25) is 27.7 Å². The van der Waals surface area contributed by atoms with Crippen molar-refractivity contribution in [2.24, 2.45) is 0 Å². The van der Waals surface area contributed by atoms with E-state index in [0.717, 1.165) is 0 Å². The van der Waals surface area contributed by atoms with Crippen LogP contribution in [-0.4, -0.2) is 86.1 Å². The van der Waals surface area contributed by atoms with E-state index in [4.69, 9.17) is 18.6 Å². The molecule has 0 saturated carbocycles. The van der Waals surface area contributed by atoms with E-state index in [1.54, 1.807) is 26.0 Å². The van der Waals surface area contributed by atoms with Gasteiger partial charge in [-0.15, -0.1) is 18.6 Å². The second-order valence-corrected chi connectivity index (χ2v) is 19.7. The zero-order valence-corrected chi connectivity index (χ0v) is 50.5. The Morgan fingerprint density at radius 2 is 1.09 bits per heavy atom. The normalized spacial score (nSPS) is 12.3. The maximum atomic E-state index is 14.3. The number of hydrogen-bond donors (Lipinski definition) is 7. The second kappa shape index (κ2) is 34.0. The summed E-state index contributed by atoms with van der Waals surface area (Å²) in [7, 11) is -4.77. The number of sulfonamides is 1. The van der Waals surface area contributed by atoms with Gasteiger partial charge in [-0.1, -0.05) is 44.4 Å². The molecule has 0 aliphatic rings. The van der Waals surface area contributed by atoms with E-state index in [0.29, 0.717) is 84.7 Å². The Labute approximate surface area is 503 Å². The number of benzene rings is 4. The van der Waals surface area contributed by atoms with Crippen molar-refractivity contribution in [2.75, 3.05) is 25.1 Å². The van der Waals surface area contributed by atoms with Crippen molar-refractivity contribution in [3.05, 3.63) is 72.9 Å². The molecule has 386 valence electrons. The van der Waals surface area contributed by atoms with Crippen LogP contribution in [0.4, 0.5) is 5.69 Å². The minimum absolute atomic E-state index is 0. The number of rotatable bonds is 34. The van der Waals surface area contributed by atoms with E-state index in [2.05, 4.69) is 51.4 Å². The molecule has 4 aromatic carbocycles. The summed E-state index contributed by atoms with van der Waals surface area (Å²) < 4.78 is 41.3. The monoisotopic (exact) mass is 1110 g/mol. The van der Waals surface area contributed by atoms with E-state index >= 15 is 0 Å². The molecule has 0 radical (unpaired) electrons. The van der Waals surface area contributed by atoms with Crippen LogP contribution in [0.3, 0.4) is 0 Å². The third kappa shape index (κ3) is 20.7. The standard InChI is InChI=1S/C46H58N6O16S3.3Na/c1-25(2)41(54)47-20-10-7-13-32(44(57)58)50-65-68-70-37-24-38(71(63,64)52-33(45(59)60)14-8-11-21-48-42(55)26(3)4)31-19-17-29-35(53)23-34(28-16-18-30(37)40(31)39(28)29)51-66-67-69-36(46(61)62)15-9-12-22-49-43(56)27(5)6;;;/h16-19,23-24,32-33,36,50-53H,1,3,5,7-15,20-22H2,2,4,6H3,(H,47,54)(H,48,55)(H,49,56)(H,57,58)(H,59,60)(H,61,62);;;/q;3*+1/p-3. The minimum atomic E-state index is -4.77. The first kappa shape index (κ1) is 69.0. The molecule has 0 aromatic heterocycles. The largest absolute Gasteiger partial charge is 1.00 e. The molecule has 0 heterocycles. The average Bonchev–Trinajstić information content (AvgIpc) is 3.31. The second-order valence-electron chi connectivity index (χ2n) is 16.4. The van der Waals surface area contributed by atoms with Gasteiger partial charge in [0.05, 0.1) is 57.9 Å². The quantitative estimate of drug-likeness (QED) is 0.00435. The molecule has 0 fully saturated rings. The number of carbonyl (C=O) groups excluding carboxylic acids is 6. The summed E-state index contributed by atoms with van der Waals surface area (Å²) in [5, 5.41) is 55.5. The average molecular weight is 1110 g/mol. The number of phenolic OH excluding ortho intramolecular Hbond substituents is 1. The minimum Gasteiger partial charge on any atom is -0.549 e. The maximum absolute atomic E-state index is 14.3. The van der Waals surface area contributed by atoms with Crippen molar-refractivity contribution in [1.82, 2.24) is 26.2 Å². The van der Waals surface area contributed by atoms with E-state index in [-0.39, 0.29) is 183 Å². The Morgan fingerprint density at radius 1 is 0.622 bits per heavy atom. The topological polar surface area (TPSA) is 335 Å². The van der Waals surface area contributed by atoms with E-state index in [9.17, 15) is 57.6 Å². The fourth-order valence-electron chi connectivity index (χ4n) is 6.91. The van der Waals surface area contributed by atoms with Gasteiger partial charge < -0.3 is 50.8 Å². The molecule has 0 bridgehead atoms. The van der Waals surface area contributed by atoms with E-state index < -0.39 is 56.1 Å². The Morgan fingerprint density at radius 3 is 1.61 bits per heavy atom. The molecular formula is C46H55N6Na3O16S3. The summed E-state index contributed by atoms with van der Waals surface area (Å²) in [6.45, 7) is 16.0. The number of carboxylic acid groups (broad SMARTS) is 3. The molecule has 3 unspecified atom stereocenters. The zero-order valence-electron chi connectivity index (χ0n) is 42.1. The van der Waals surface area contributed by atoms with E-state index in [1.807, 2.05) is 0 Å². The Bertz CT molecular complexity index is 2750. The van der Waals surface area contributed by atoms with Crippen LogP contribution in [0, 0.1) is 0 Å². The van der Waals surface area contributed by atoms with Crippen LogP contribution in [0.1, 0.15) is 78.6 Å². The summed E-state index contributed by atoms with van der Waals surface area (Å²) in [5.74, 6) is -6.05. The van der Waals surface area contributed by atoms with Gasteiger partial charge in [-0.25, -0.2) is 18.6 Å². The van der Waals surface area contributed by atoms with Gasteiger partial charge in [-0.2, -0.15) is 5.48 Å². The first-order valence-corrected chi connectivity index (χ1v) is 25.1. The molecule has 3 atom stereocenters. The molecule has 7 N–H and O–H groups in total. The number of anilines is 1. The van der Waals surface area contributed by atoms with Gasteiger partial charge in [0.25, 0.3) is 0 Å². The summed E-state index contributed by atoms with van der Waals surface area (Å²) in [6.07, 6.45) is 1.91. The summed E-state index contributed by atoms with van der Waals surface area (Å²) in [5.41, 5.74) is 5.78. The first-order chi connectivity index (χ1) is 33.6. The first-order valence-electron chi connectivity index (χ1n) is 22.1. The molecule has 0 aliphatic heterocycles. The van der Waals surface area contributed by atoms with Crippen molar-refractivity contribution >= 4 is 108 Å². The van der Waals surface area contributed by atoms with Crippen molar-refractivity contribution in [3.8, 4) is 5.75 Å². The SMILES string of the molecule is C=C(C)C(=O)NCCCCC(NOOSc1cc(S(=O)(=O)NC(CCCCNC(=O)C(=C)C)C(=O)[O-])c2ccc3c(O)cc(NOOSC(CCCCNC(=O)C(=C)C)C(=O)[O-])c4ccc1c2c34)C(=O)[O-].[Na+].[Na+].[Na+]. The number of carboxylic acids is 3. The number of phenols is 1. The molecule has 74 heavy (non-hydrogen) atoms. The maximum Gasteiger partial charge on any atom is 1.00 e. The van der Waals surface area contributed by atoms with Crippen molar-refractivity contribution in [3.63, 3.8) is 0 Å². The molecule has 28 heteroatoms. The number of unbranched alkanes of at least 4 members (excludes halogenated alkanes) is 3. The van der Waals surface area contributed by atoms with Crippen molar-refractivity contribution < 1.29 is 165 Å². The van der Waals surface area contributed by atoms with Gasteiger partial charge in [-0.05, 0) is 89.7 Å². The third-order valence-electron chi connectivity index (χ3n) is 10.7. The number of hydrogen-bond acceptors (Lipinski definition) is 20. The number of hydroxylamine groups is 1. The fourth-order valence-corrected chi connectivity index (χ4v) is 9.52. The number of nitrogens with one attached hydrogen (secondary N) is 6. The Balaban J connectivity index is 0.00000913. The molecule has 3 amide bonds. The van der Waals surface area contributed by atoms with Crippen LogP contribution in [0.5, 0.6) is 5.75 Å². The molecular weight excluding hydrogens is 1060 g/mol. The van der Waals surface area contributed by atoms with Gasteiger partial charge in [0, 0.05) is 86.3 Å². The fraction of sp³-hybridized carbons (Fsp3) is 0.391. The number of aromatic hydroxyl groups is 1. The predicted molar refractivity (Wildman–Crippen MR) is 258 cm³/mol. The van der Waals surface area contributed by atoms with Crippen LogP contribution in [0.15, 0.2) is 82.6 Å². The van der Waals surface area contributed by atoms with Crippen molar-refractivity contribution in [1.29, 1.82) is 0 Å². The van der Waals surface area contributed by atoms with Crippen LogP contribution in [0.25, 0.3) is 32.3 Å². The van der Waals surface area contributed by atoms with Gasteiger partial charge in [0.15, 0.2) is 0 Å². The van der Waals surface area contributed by atoms with Crippen LogP contribution in [-0.2, 0) is 57.4 Å². The van der Waals surface area contributed by atoms with Gasteiger partial charge in [0.1, 0.15) is 5.75 Å². The van der Waals surface area contributed by atoms with Gasteiger partial charge >= 0.3 is 88.7 Å². The number of amides is 3. The zero-order chi connectivity index (χ0) is 52.4. The van der Waals surface area contributed by atoms with E-state index in [1.165, 1.54) is 31.2 Å². The summed E-state index contributed by atoms with van der Waals surface area (Å²) in [4.78, 5) is 81.2. The summed E-state index contributed by atoms with van der Waals surface area (Å²) >= 11 is 0.910. The van der Waals surface area contributed by atoms with Crippen LogP contribution in [0.2, 0.25) is 0 Å². The van der Waals surface area contributed by atoms with Crippen LogP contribution >= 0.6 is 24.1 Å². The predicted octanol–water partition coefficient (Wildman–Crippen LogP) is -7.09. The molecule has 22 nitrogen and oxygen atoms in total. The number of aliphatic carboxylic acids is 3. The third-order valence-corrected chi connectivity index (χ3v) is 13.6. The summed E-state index contributed by atoms with van der Waals surface area (Å²) in [6, 6.07) is 5.39.